The predicted octanol–water partition coefficient (Wildman–Crippen LogP) is 2.66. The van der Waals surface area contributed by atoms with E-state index < -0.39 is 11.8 Å². The molecule has 5 heteroatoms. The van der Waals surface area contributed by atoms with Gasteiger partial charge in [-0.25, -0.2) is 14.0 Å². The molecule has 1 aliphatic carbocycles. The van der Waals surface area contributed by atoms with Gasteiger partial charge in [-0.1, -0.05) is 0 Å². The summed E-state index contributed by atoms with van der Waals surface area (Å²) >= 11 is 0. The molecule has 0 saturated heterocycles. The summed E-state index contributed by atoms with van der Waals surface area (Å²) in [6.45, 7) is 7.51. The Bertz CT molecular complexity index is 591. The lowest BCUT2D eigenvalue weighted by Gasteiger charge is -2.20. The van der Waals surface area contributed by atoms with Gasteiger partial charge >= 0.3 is 5.97 Å². The van der Waals surface area contributed by atoms with Crippen LogP contribution in [0.2, 0.25) is 0 Å². The second kappa shape index (κ2) is 3.70. The van der Waals surface area contributed by atoms with Gasteiger partial charge < -0.3 is 9.47 Å². The number of methoxy groups -OCH3 is 1. The van der Waals surface area contributed by atoms with Gasteiger partial charge in [0.25, 0.3) is 5.69 Å². The van der Waals surface area contributed by atoms with Gasteiger partial charge in [-0.2, -0.15) is 0 Å². The molecule has 4 nitrogen and oxygen atoms in total. The molecule has 0 spiro atoms. The highest BCUT2D eigenvalue weighted by atomic mass is 19.1. The van der Waals surface area contributed by atoms with Crippen molar-refractivity contribution >= 4 is 11.7 Å². The largest absolute Gasteiger partial charge is 0.504 e. The molecule has 0 amide bonds. The summed E-state index contributed by atoms with van der Waals surface area (Å²) in [5.74, 6) is -0.515. The van der Waals surface area contributed by atoms with E-state index in [0.717, 1.165) is 12.5 Å². The monoisotopic (exact) mass is 247 g/mol. The Balaban J connectivity index is 2.26. The molecule has 3 rings (SSSR count). The molecule has 2 atom stereocenters. The zero-order valence-corrected chi connectivity index (χ0v) is 9.70. The van der Waals surface area contributed by atoms with Crippen molar-refractivity contribution in [3.63, 3.8) is 0 Å². The Labute approximate surface area is 103 Å². The molecule has 1 aromatic carbocycles. The van der Waals surface area contributed by atoms with Crippen molar-refractivity contribution in [2.24, 2.45) is 5.92 Å². The molecule has 92 valence electrons. The molecule has 2 unspecified atom stereocenters. The van der Waals surface area contributed by atoms with E-state index in [2.05, 4.69) is 9.58 Å². The first kappa shape index (κ1) is 11.0. The number of carbonyl (C=O) groups excluding carboxylic acids is 1. The molecule has 1 aromatic rings. The molecule has 1 heterocycles. The van der Waals surface area contributed by atoms with Crippen LogP contribution in [-0.4, -0.2) is 19.7 Å². The number of halogens is 1. The van der Waals surface area contributed by atoms with Crippen molar-refractivity contribution in [3.8, 4) is 5.75 Å². The number of benzene rings is 1. The summed E-state index contributed by atoms with van der Waals surface area (Å²) in [6.07, 6.45) is 0.917. The fourth-order valence-corrected chi connectivity index (χ4v) is 2.50. The summed E-state index contributed by atoms with van der Waals surface area (Å²) in [4.78, 5) is 14.8. The number of fused-ring (bicyclic) bond motifs is 3. The maximum atomic E-state index is 13.8. The first-order chi connectivity index (χ1) is 8.67. The highest BCUT2D eigenvalue weighted by molar-refractivity contribution is 5.94. The normalized spacial score (nSPS) is 23.2. The summed E-state index contributed by atoms with van der Waals surface area (Å²) in [7, 11) is 1.25. The van der Waals surface area contributed by atoms with Crippen LogP contribution >= 0.6 is 0 Å². The third kappa shape index (κ3) is 1.39. The maximum absolute atomic E-state index is 13.8. The van der Waals surface area contributed by atoms with Gasteiger partial charge in [0, 0.05) is 11.5 Å². The van der Waals surface area contributed by atoms with Crippen LogP contribution in [0.1, 0.15) is 28.3 Å². The van der Waals surface area contributed by atoms with Gasteiger partial charge in [-0.3, -0.25) is 0 Å². The van der Waals surface area contributed by atoms with Gasteiger partial charge in [0.2, 0.25) is 0 Å². The van der Waals surface area contributed by atoms with E-state index in [1.54, 1.807) is 0 Å². The predicted molar refractivity (Wildman–Crippen MR) is 60.3 cm³/mol. The van der Waals surface area contributed by atoms with E-state index in [9.17, 15) is 9.18 Å². The van der Waals surface area contributed by atoms with Gasteiger partial charge in [0.1, 0.15) is 11.6 Å². The Morgan fingerprint density at radius 3 is 3.11 bits per heavy atom. The molecule has 2 aliphatic rings. The number of carbonyl (C=O) groups is 1. The van der Waals surface area contributed by atoms with Gasteiger partial charge in [0.15, 0.2) is 0 Å². The van der Waals surface area contributed by atoms with E-state index in [1.165, 1.54) is 7.11 Å². The Kier molecular flexibility index (Phi) is 2.27. The molecule has 0 N–H and O–H groups in total. The minimum atomic E-state index is -0.733. The van der Waals surface area contributed by atoms with Crippen LogP contribution in [0.25, 0.3) is 4.85 Å². The van der Waals surface area contributed by atoms with Crippen LogP contribution in [-0.2, 0) is 4.74 Å². The standard InChI is InChI=1S/C13H10FNO3/c1-15-11-9(14)4-8(13(16)17-2)10-7-3-6(7)5-18-12(10)11/h4,6-7H,3,5H2,2H3. The van der Waals surface area contributed by atoms with E-state index in [0.29, 0.717) is 18.1 Å². The van der Waals surface area contributed by atoms with Crippen LogP contribution in [0.5, 0.6) is 5.75 Å². The summed E-state index contributed by atoms with van der Waals surface area (Å²) < 4.78 is 23.9. The third-order valence-corrected chi connectivity index (χ3v) is 3.50. The van der Waals surface area contributed by atoms with Crippen molar-refractivity contribution in [1.29, 1.82) is 0 Å². The highest BCUT2D eigenvalue weighted by Crippen LogP contribution is 2.57. The number of nitrogens with zero attached hydrogens (tertiary/aromatic N) is 1. The van der Waals surface area contributed by atoms with Crippen LogP contribution in [0.15, 0.2) is 6.07 Å². The summed E-state index contributed by atoms with van der Waals surface area (Å²) in [5.41, 5.74) is 0.693. The topological polar surface area (TPSA) is 39.9 Å². The van der Waals surface area contributed by atoms with Crippen LogP contribution in [0.3, 0.4) is 0 Å². The van der Waals surface area contributed by atoms with Crippen molar-refractivity contribution in [3.05, 3.63) is 34.4 Å². The molecule has 1 aliphatic heterocycles. The minimum Gasteiger partial charge on any atom is -0.504 e. The van der Waals surface area contributed by atoms with E-state index in [-0.39, 0.29) is 22.9 Å². The number of esters is 1. The third-order valence-electron chi connectivity index (χ3n) is 3.50. The molecule has 0 bridgehead atoms. The van der Waals surface area contributed by atoms with Crippen molar-refractivity contribution < 1.29 is 18.7 Å². The SMILES string of the molecule is [C-]#[N+]c1c(F)cc(C(=O)OC)c2c1OCC1CC21. The average molecular weight is 247 g/mol. The summed E-state index contributed by atoms with van der Waals surface area (Å²) in [5, 5.41) is 0. The second-order valence-corrected chi connectivity index (χ2v) is 4.51. The molecular weight excluding hydrogens is 237 g/mol. The lowest BCUT2D eigenvalue weighted by atomic mass is 9.97. The smallest absolute Gasteiger partial charge is 0.338 e. The number of hydrogen-bond donors (Lipinski definition) is 0. The van der Waals surface area contributed by atoms with Gasteiger partial charge in [-0.05, 0) is 18.4 Å². The van der Waals surface area contributed by atoms with Gasteiger partial charge in [0.05, 0.1) is 25.9 Å². The van der Waals surface area contributed by atoms with Crippen molar-refractivity contribution in [1.82, 2.24) is 0 Å². The number of rotatable bonds is 1. The average Bonchev–Trinajstić information content (AvgIpc) is 3.15. The number of hydrogen-bond acceptors (Lipinski definition) is 3. The van der Waals surface area contributed by atoms with Gasteiger partial charge in [-0.15, -0.1) is 0 Å². The molecule has 1 saturated carbocycles. The second-order valence-electron chi connectivity index (χ2n) is 4.51. The Morgan fingerprint density at radius 2 is 2.44 bits per heavy atom. The zero-order valence-electron chi connectivity index (χ0n) is 9.70. The zero-order chi connectivity index (χ0) is 12.9. The Morgan fingerprint density at radius 1 is 1.67 bits per heavy atom. The lowest BCUT2D eigenvalue weighted by molar-refractivity contribution is 0.0597. The van der Waals surface area contributed by atoms with Crippen LogP contribution < -0.4 is 4.74 Å². The fourth-order valence-electron chi connectivity index (χ4n) is 2.50. The first-order valence-electron chi connectivity index (χ1n) is 5.62. The fraction of sp³-hybridized carbons (Fsp3) is 0.385. The van der Waals surface area contributed by atoms with E-state index >= 15 is 0 Å². The molecule has 0 radical (unpaired) electrons. The quantitative estimate of drug-likeness (QED) is 0.565. The minimum absolute atomic E-state index is 0.136. The van der Waals surface area contributed by atoms with Crippen LogP contribution in [0.4, 0.5) is 10.1 Å². The maximum Gasteiger partial charge on any atom is 0.338 e. The molecule has 0 aromatic heterocycles. The Hall–Kier alpha value is -2.09. The lowest BCUT2D eigenvalue weighted by Crippen LogP contribution is -2.14. The molecule has 18 heavy (non-hydrogen) atoms. The first-order valence-corrected chi connectivity index (χ1v) is 5.62. The summed E-state index contributed by atoms with van der Waals surface area (Å²) in [6, 6.07) is 1.09. The van der Waals surface area contributed by atoms with Crippen molar-refractivity contribution in [2.45, 2.75) is 12.3 Å². The number of ether oxygens (including phenoxy) is 2. The molecular formula is C13H10FNO3. The molecule has 1 fully saturated rings. The van der Waals surface area contributed by atoms with E-state index in [4.69, 9.17) is 11.3 Å². The van der Waals surface area contributed by atoms with Crippen LogP contribution in [0, 0.1) is 18.3 Å². The van der Waals surface area contributed by atoms with E-state index in [1.807, 2.05) is 0 Å². The highest BCUT2D eigenvalue weighted by Gasteiger charge is 2.47. The van der Waals surface area contributed by atoms with Crippen molar-refractivity contribution in [2.75, 3.05) is 13.7 Å².